The molecule has 1 unspecified atom stereocenters. The van der Waals surface area contributed by atoms with Crippen molar-refractivity contribution in [3.63, 3.8) is 0 Å². The molecule has 4 heteroatoms. The number of unbranched alkanes of at least 4 members (excludes halogenated alkanes) is 8. The summed E-state index contributed by atoms with van der Waals surface area (Å²) in [5.74, 6) is 1.09. The van der Waals surface area contributed by atoms with Crippen LogP contribution in [0.3, 0.4) is 0 Å². The fraction of sp³-hybridized carbons (Fsp3) is 0.895. The summed E-state index contributed by atoms with van der Waals surface area (Å²) in [5.41, 5.74) is 0. The molecule has 0 saturated heterocycles. The Bertz CT molecular complexity index is 265. The number of aliphatic hydroxyl groups is 2. The molecule has 1 atom stereocenters. The van der Waals surface area contributed by atoms with Crippen LogP contribution in [0.25, 0.3) is 0 Å². The van der Waals surface area contributed by atoms with E-state index in [0.717, 1.165) is 18.8 Å². The van der Waals surface area contributed by atoms with Crippen LogP contribution in [-0.4, -0.2) is 35.4 Å². The van der Waals surface area contributed by atoms with Crippen LogP contribution in [0.15, 0.2) is 0 Å². The van der Waals surface area contributed by atoms with Crippen molar-refractivity contribution in [1.29, 1.82) is 0 Å². The van der Waals surface area contributed by atoms with Gasteiger partial charge in [0.25, 0.3) is 0 Å². The standard InChI is InChI=1S/C19H38NO3/c1-3-4-5-6-7-8-9-10-11-12-19(23)20-17(2)18(13-15-21)14-16-22/h17,21-22H,3-16H2,1-2H3,(H,20,23). The van der Waals surface area contributed by atoms with E-state index in [2.05, 4.69) is 12.2 Å². The molecule has 0 heterocycles. The van der Waals surface area contributed by atoms with E-state index in [1.807, 2.05) is 6.92 Å². The van der Waals surface area contributed by atoms with E-state index in [9.17, 15) is 4.79 Å². The lowest BCUT2D eigenvalue weighted by molar-refractivity contribution is -0.121. The van der Waals surface area contributed by atoms with Crippen LogP contribution in [-0.2, 0) is 4.79 Å². The van der Waals surface area contributed by atoms with Gasteiger partial charge < -0.3 is 15.5 Å². The van der Waals surface area contributed by atoms with Gasteiger partial charge in [-0.3, -0.25) is 4.79 Å². The number of aliphatic hydroxyl groups excluding tert-OH is 2. The van der Waals surface area contributed by atoms with E-state index in [4.69, 9.17) is 10.2 Å². The first-order valence-electron chi connectivity index (χ1n) is 9.51. The van der Waals surface area contributed by atoms with E-state index in [1.165, 1.54) is 44.9 Å². The second-order valence-electron chi connectivity index (χ2n) is 6.47. The molecular formula is C19H38NO3. The first-order chi connectivity index (χ1) is 11.2. The van der Waals surface area contributed by atoms with Crippen molar-refractivity contribution in [3.05, 3.63) is 5.92 Å². The van der Waals surface area contributed by atoms with Crippen LogP contribution < -0.4 is 5.32 Å². The lowest BCUT2D eigenvalue weighted by atomic mass is 9.94. The molecule has 0 aromatic rings. The molecule has 0 aliphatic carbocycles. The van der Waals surface area contributed by atoms with Gasteiger partial charge in [0.2, 0.25) is 5.91 Å². The van der Waals surface area contributed by atoms with Crippen LogP contribution in [0.5, 0.6) is 0 Å². The molecule has 0 saturated carbocycles. The topological polar surface area (TPSA) is 69.6 Å². The largest absolute Gasteiger partial charge is 0.396 e. The van der Waals surface area contributed by atoms with E-state index >= 15 is 0 Å². The van der Waals surface area contributed by atoms with Gasteiger partial charge in [-0.15, -0.1) is 0 Å². The highest BCUT2D eigenvalue weighted by Gasteiger charge is 2.18. The first kappa shape index (κ1) is 22.4. The third-order valence-electron chi connectivity index (χ3n) is 4.36. The van der Waals surface area contributed by atoms with Crippen LogP contribution >= 0.6 is 0 Å². The van der Waals surface area contributed by atoms with Crippen LogP contribution in [0.2, 0.25) is 0 Å². The highest BCUT2D eigenvalue weighted by Crippen LogP contribution is 2.16. The second-order valence-corrected chi connectivity index (χ2v) is 6.47. The van der Waals surface area contributed by atoms with E-state index in [-0.39, 0.29) is 25.2 Å². The molecule has 0 rings (SSSR count). The minimum absolute atomic E-state index is 0.0633. The van der Waals surface area contributed by atoms with Crippen molar-refractivity contribution in [3.8, 4) is 0 Å². The highest BCUT2D eigenvalue weighted by molar-refractivity contribution is 5.76. The van der Waals surface area contributed by atoms with E-state index in [0.29, 0.717) is 19.3 Å². The summed E-state index contributed by atoms with van der Waals surface area (Å²) in [4.78, 5) is 11.9. The molecule has 0 spiro atoms. The predicted molar refractivity (Wildman–Crippen MR) is 96.1 cm³/mol. The third kappa shape index (κ3) is 13.5. The van der Waals surface area contributed by atoms with Crippen molar-refractivity contribution in [2.75, 3.05) is 13.2 Å². The highest BCUT2D eigenvalue weighted by atomic mass is 16.3. The van der Waals surface area contributed by atoms with Crippen LogP contribution in [0.4, 0.5) is 0 Å². The van der Waals surface area contributed by atoms with Crippen molar-refractivity contribution in [2.45, 2.75) is 96.9 Å². The van der Waals surface area contributed by atoms with Crippen molar-refractivity contribution < 1.29 is 15.0 Å². The summed E-state index contributed by atoms with van der Waals surface area (Å²) in [6.07, 6.45) is 12.9. The van der Waals surface area contributed by atoms with Gasteiger partial charge in [0.15, 0.2) is 0 Å². The fourth-order valence-corrected chi connectivity index (χ4v) is 2.86. The van der Waals surface area contributed by atoms with Crippen LogP contribution in [0, 0.1) is 5.92 Å². The molecule has 0 aromatic heterocycles. The van der Waals surface area contributed by atoms with E-state index in [1.54, 1.807) is 0 Å². The lowest BCUT2D eigenvalue weighted by Gasteiger charge is -2.23. The molecule has 0 aromatic carbocycles. The van der Waals surface area contributed by atoms with Gasteiger partial charge in [0.1, 0.15) is 0 Å². The van der Waals surface area contributed by atoms with Gasteiger partial charge in [-0.2, -0.15) is 0 Å². The maximum absolute atomic E-state index is 11.9. The SMILES string of the molecule is CCCCCCCCCCCC(=O)NC(C)[C](CCO)CCO. The number of nitrogens with one attached hydrogen (secondary N) is 1. The van der Waals surface area contributed by atoms with Gasteiger partial charge in [-0.25, -0.2) is 0 Å². The van der Waals surface area contributed by atoms with Crippen LogP contribution in [0.1, 0.15) is 90.9 Å². The van der Waals surface area contributed by atoms with Crippen molar-refractivity contribution in [1.82, 2.24) is 5.32 Å². The summed E-state index contributed by atoms with van der Waals surface area (Å²) in [5, 5.41) is 21.0. The molecule has 3 N–H and O–H groups in total. The summed E-state index contributed by atoms with van der Waals surface area (Å²) in [7, 11) is 0. The zero-order valence-electron chi connectivity index (χ0n) is 15.3. The minimum atomic E-state index is -0.0691. The van der Waals surface area contributed by atoms with Gasteiger partial charge in [-0.05, 0) is 26.2 Å². The minimum Gasteiger partial charge on any atom is -0.396 e. The molecular weight excluding hydrogens is 290 g/mol. The molecule has 0 bridgehead atoms. The maximum Gasteiger partial charge on any atom is 0.220 e. The lowest BCUT2D eigenvalue weighted by Crippen LogP contribution is -2.37. The smallest absolute Gasteiger partial charge is 0.220 e. The Balaban J connectivity index is 3.61. The third-order valence-corrected chi connectivity index (χ3v) is 4.36. The molecule has 0 fully saturated rings. The molecule has 137 valence electrons. The Labute approximate surface area is 143 Å². The Morgan fingerprint density at radius 1 is 0.826 bits per heavy atom. The summed E-state index contributed by atoms with van der Waals surface area (Å²) in [6.45, 7) is 4.29. The Morgan fingerprint density at radius 3 is 1.78 bits per heavy atom. The Kier molecular flexibility index (Phi) is 15.8. The number of hydrogen-bond acceptors (Lipinski definition) is 3. The number of carbonyl (C=O) groups is 1. The molecule has 0 aliphatic rings. The average Bonchev–Trinajstić information content (AvgIpc) is 2.53. The van der Waals surface area contributed by atoms with Gasteiger partial charge >= 0.3 is 0 Å². The number of amides is 1. The first-order valence-corrected chi connectivity index (χ1v) is 9.51. The Morgan fingerprint density at radius 2 is 1.30 bits per heavy atom. The average molecular weight is 329 g/mol. The van der Waals surface area contributed by atoms with Gasteiger partial charge in [0, 0.05) is 31.6 Å². The fourth-order valence-electron chi connectivity index (χ4n) is 2.86. The second kappa shape index (κ2) is 16.3. The maximum atomic E-state index is 11.9. The molecule has 1 amide bonds. The van der Waals surface area contributed by atoms with Crippen molar-refractivity contribution >= 4 is 5.91 Å². The molecule has 0 aliphatic heterocycles. The summed E-state index contributed by atoms with van der Waals surface area (Å²) < 4.78 is 0. The summed E-state index contributed by atoms with van der Waals surface area (Å²) in [6, 6.07) is -0.0691. The number of carbonyl (C=O) groups excluding carboxylic acids is 1. The molecule has 1 radical (unpaired) electrons. The van der Waals surface area contributed by atoms with Gasteiger partial charge in [0.05, 0.1) is 0 Å². The molecule has 4 nitrogen and oxygen atoms in total. The quantitative estimate of drug-likeness (QED) is 0.378. The van der Waals surface area contributed by atoms with Gasteiger partial charge in [-0.1, -0.05) is 58.3 Å². The van der Waals surface area contributed by atoms with Crippen molar-refractivity contribution in [2.24, 2.45) is 0 Å². The summed E-state index contributed by atoms with van der Waals surface area (Å²) >= 11 is 0. The van der Waals surface area contributed by atoms with E-state index < -0.39 is 0 Å². The predicted octanol–water partition coefficient (Wildman–Crippen LogP) is 3.75. The number of hydrogen-bond donors (Lipinski definition) is 3. The normalized spacial score (nSPS) is 12.6. The Hall–Kier alpha value is -0.610. The zero-order chi connectivity index (χ0) is 17.3. The molecule has 23 heavy (non-hydrogen) atoms. The number of rotatable bonds is 16. The zero-order valence-corrected chi connectivity index (χ0v) is 15.3. The monoisotopic (exact) mass is 328 g/mol.